The lowest BCUT2D eigenvalue weighted by atomic mass is 9.67. The Bertz CT molecular complexity index is 1160. The first kappa shape index (κ1) is 23.3. The van der Waals surface area contributed by atoms with Gasteiger partial charge in [-0.15, -0.1) is 0 Å². The van der Waals surface area contributed by atoms with Gasteiger partial charge in [0.1, 0.15) is 0 Å². The van der Waals surface area contributed by atoms with E-state index in [4.69, 9.17) is 4.74 Å². The SMILES string of the molecule is CCOC(=O)[C@@]1(C#N)[C@@H]2C=Cc3ccccc3N2[C@@H](C(=O)C(C)(C)C)[C@@H]1c1ccc(Br)cc1. The molecule has 2 aliphatic heterocycles. The predicted molar refractivity (Wildman–Crippen MR) is 132 cm³/mol. The van der Waals surface area contributed by atoms with E-state index in [9.17, 15) is 14.9 Å². The Morgan fingerprint density at radius 1 is 1.15 bits per heavy atom. The number of para-hydroxylation sites is 1. The highest BCUT2D eigenvalue weighted by molar-refractivity contribution is 9.10. The molecule has 4 atom stereocenters. The summed E-state index contributed by atoms with van der Waals surface area (Å²) in [4.78, 5) is 29.6. The minimum absolute atomic E-state index is 0.0213. The van der Waals surface area contributed by atoms with Crippen LogP contribution in [0.5, 0.6) is 0 Å². The summed E-state index contributed by atoms with van der Waals surface area (Å²) >= 11 is 3.47. The molecule has 5 nitrogen and oxygen atoms in total. The maximum absolute atomic E-state index is 14.0. The number of ether oxygens (including phenoxy) is 1. The highest BCUT2D eigenvalue weighted by Gasteiger charge is 2.67. The van der Waals surface area contributed by atoms with Gasteiger partial charge in [-0.1, -0.05) is 79.2 Å². The van der Waals surface area contributed by atoms with E-state index < -0.39 is 34.8 Å². The Morgan fingerprint density at radius 2 is 1.82 bits per heavy atom. The van der Waals surface area contributed by atoms with Crippen LogP contribution >= 0.6 is 15.9 Å². The number of carbonyl (C=O) groups is 2. The first-order valence-electron chi connectivity index (χ1n) is 11.1. The summed E-state index contributed by atoms with van der Waals surface area (Å²) in [6, 6.07) is 16.3. The summed E-state index contributed by atoms with van der Waals surface area (Å²) in [7, 11) is 0. The smallest absolute Gasteiger partial charge is 0.329 e. The largest absolute Gasteiger partial charge is 0.465 e. The van der Waals surface area contributed by atoms with Gasteiger partial charge in [0.2, 0.25) is 0 Å². The van der Waals surface area contributed by atoms with E-state index in [0.29, 0.717) is 0 Å². The van der Waals surface area contributed by atoms with E-state index >= 15 is 0 Å². The van der Waals surface area contributed by atoms with Crippen LogP contribution < -0.4 is 4.90 Å². The molecule has 2 aliphatic rings. The van der Waals surface area contributed by atoms with Gasteiger partial charge in [-0.25, -0.2) is 0 Å². The number of hydrogen-bond donors (Lipinski definition) is 0. The van der Waals surface area contributed by atoms with Crippen LogP contribution in [0.15, 0.2) is 59.1 Å². The van der Waals surface area contributed by atoms with Gasteiger partial charge in [0.05, 0.1) is 24.8 Å². The molecule has 2 aromatic carbocycles. The average molecular weight is 507 g/mol. The summed E-state index contributed by atoms with van der Waals surface area (Å²) in [6.45, 7) is 7.52. The predicted octanol–water partition coefficient (Wildman–Crippen LogP) is 5.51. The summed E-state index contributed by atoms with van der Waals surface area (Å²) in [5.74, 6) is -1.32. The van der Waals surface area contributed by atoms with Crippen molar-refractivity contribution in [1.29, 1.82) is 5.26 Å². The lowest BCUT2D eigenvalue weighted by Crippen LogP contribution is -2.48. The van der Waals surface area contributed by atoms with Crippen molar-refractivity contribution in [3.8, 4) is 6.07 Å². The standard InChI is InChI=1S/C27H27BrN2O3/c1-5-33-25(32)27(16-29)21-15-12-17-8-6-7-9-20(17)30(21)23(24(31)26(2,3)4)22(27)18-10-13-19(28)14-11-18/h6-15,21-23H,5H2,1-4H3/t21-,22-,23+,27-/m0/s1. The molecule has 0 bridgehead atoms. The zero-order valence-corrected chi connectivity index (χ0v) is 20.8. The molecule has 33 heavy (non-hydrogen) atoms. The Morgan fingerprint density at radius 3 is 2.42 bits per heavy atom. The molecule has 0 aromatic heterocycles. The van der Waals surface area contributed by atoms with Crippen LogP contribution in [0.2, 0.25) is 0 Å². The van der Waals surface area contributed by atoms with Gasteiger partial charge >= 0.3 is 5.97 Å². The third kappa shape index (κ3) is 3.59. The summed E-state index contributed by atoms with van der Waals surface area (Å²) in [6.07, 6.45) is 3.81. The zero-order chi connectivity index (χ0) is 24.0. The highest BCUT2D eigenvalue weighted by Crippen LogP contribution is 2.57. The molecule has 0 amide bonds. The summed E-state index contributed by atoms with van der Waals surface area (Å²) in [5, 5.41) is 10.7. The number of esters is 1. The Kier molecular flexibility index (Phi) is 5.96. The minimum atomic E-state index is -1.58. The third-order valence-corrected chi connectivity index (χ3v) is 7.11. The molecule has 4 rings (SSSR count). The van der Waals surface area contributed by atoms with E-state index in [1.807, 2.05) is 86.4 Å². The van der Waals surface area contributed by atoms with Crippen molar-refractivity contribution in [2.75, 3.05) is 11.5 Å². The molecule has 170 valence electrons. The molecule has 1 fully saturated rings. The lowest BCUT2D eigenvalue weighted by molar-refractivity contribution is -0.152. The lowest BCUT2D eigenvalue weighted by Gasteiger charge is -2.37. The van der Waals surface area contributed by atoms with Crippen LogP contribution in [0, 0.1) is 22.2 Å². The summed E-state index contributed by atoms with van der Waals surface area (Å²) in [5.41, 5.74) is 0.290. The van der Waals surface area contributed by atoms with Crippen molar-refractivity contribution in [2.24, 2.45) is 10.8 Å². The molecule has 0 saturated carbocycles. The molecular formula is C27H27BrN2O3. The van der Waals surface area contributed by atoms with Gasteiger partial charge < -0.3 is 9.64 Å². The van der Waals surface area contributed by atoms with Crippen molar-refractivity contribution < 1.29 is 14.3 Å². The van der Waals surface area contributed by atoms with Crippen LogP contribution in [0.25, 0.3) is 6.08 Å². The first-order valence-corrected chi connectivity index (χ1v) is 11.9. The molecule has 0 radical (unpaired) electrons. The second kappa shape index (κ2) is 8.46. The second-order valence-electron chi connectivity index (χ2n) is 9.56. The van der Waals surface area contributed by atoms with Crippen LogP contribution in [0.4, 0.5) is 5.69 Å². The number of carbonyl (C=O) groups excluding carboxylic acids is 2. The van der Waals surface area contributed by atoms with Crippen molar-refractivity contribution in [3.05, 3.63) is 70.2 Å². The number of hydrogen-bond acceptors (Lipinski definition) is 5. The number of nitrogens with zero attached hydrogens (tertiary/aromatic N) is 2. The van der Waals surface area contributed by atoms with E-state index in [0.717, 1.165) is 21.3 Å². The monoisotopic (exact) mass is 506 g/mol. The number of ketones is 1. The molecule has 6 heteroatoms. The van der Waals surface area contributed by atoms with Crippen molar-refractivity contribution in [1.82, 2.24) is 0 Å². The van der Waals surface area contributed by atoms with Crippen LogP contribution in [0.1, 0.15) is 44.7 Å². The fraction of sp³-hybridized carbons (Fsp3) is 0.370. The van der Waals surface area contributed by atoms with Crippen LogP contribution in [0.3, 0.4) is 0 Å². The molecule has 0 spiro atoms. The van der Waals surface area contributed by atoms with Crippen LogP contribution in [-0.2, 0) is 14.3 Å². The van der Waals surface area contributed by atoms with E-state index in [-0.39, 0.29) is 12.4 Å². The molecular weight excluding hydrogens is 480 g/mol. The number of nitriles is 1. The average Bonchev–Trinajstić information content (AvgIpc) is 3.10. The Labute approximate surface area is 203 Å². The van der Waals surface area contributed by atoms with Crippen molar-refractivity contribution in [2.45, 2.75) is 45.7 Å². The molecule has 0 N–H and O–H groups in total. The normalized spacial score (nSPS) is 25.7. The van der Waals surface area contributed by atoms with Crippen molar-refractivity contribution >= 4 is 39.4 Å². The van der Waals surface area contributed by atoms with Gasteiger partial charge in [0.15, 0.2) is 11.2 Å². The fourth-order valence-electron chi connectivity index (χ4n) is 5.10. The minimum Gasteiger partial charge on any atom is -0.465 e. The number of anilines is 1. The number of benzene rings is 2. The molecule has 2 aromatic rings. The van der Waals surface area contributed by atoms with E-state index in [1.54, 1.807) is 6.92 Å². The van der Waals surface area contributed by atoms with Gasteiger partial charge in [-0.3, -0.25) is 9.59 Å². The topological polar surface area (TPSA) is 70.4 Å². The highest BCUT2D eigenvalue weighted by atomic mass is 79.9. The van der Waals surface area contributed by atoms with Crippen molar-refractivity contribution in [3.63, 3.8) is 0 Å². The molecule has 0 aliphatic carbocycles. The Hall–Kier alpha value is -2.91. The van der Waals surface area contributed by atoms with E-state index in [1.165, 1.54) is 0 Å². The van der Waals surface area contributed by atoms with Crippen LogP contribution in [-0.4, -0.2) is 30.4 Å². The maximum atomic E-state index is 14.0. The molecule has 1 saturated heterocycles. The third-order valence-electron chi connectivity index (χ3n) is 6.58. The number of Topliss-reactive ketones (excluding diaryl/α,β-unsaturated/α-hetero) is 1. The molecule has 2 heterocycles. The van der Waals surface area contributed by atoms with Gasteiger partial charge in [-0.05, 0) is 36.2 Å². The van der Waals surface area contributed by atoms with Gasteiger partial charge in [-0.2, -0.15) is 5.26 Å². The number of rotatable bonds is 4. The number of fused-ring (bicyclic) bond motifs is 3. The zero-order valence-electron chi connectivity index (χ0n) is 19.2. The summed E-state index contributed by atoms with van der Waals surface area (Å²) < 4.78 is 6.38. The quantitative estimate of drug-likeness (QED) is 0.511. The fourth-order valence-corrected chi connectivity index (χ4v) is 5.37. The Balaban J connectivity index is 2.05. The maximum Gasteiger partial charge on any atom is 0.329 e. The first-order chi connectivity index (χ1) is 15.7. The number of halogens is 1. The second-order valence-corrected chi connectivity index (χ2v) is 10.5. The van der Waals surface area contributed by atoms with E-state index in [2.05, 4.69) is 22.0 Å². The van der Waals surface area contributed by atoms with Gasteiger partial charge in [0.25, 0.3) is 0 Å². The van der Waals surface area contributed by atoms with Gasteiger partial charge in [0, 0.05) is 21.5 Å². The molecule has 0 unspecified atom stereocenters.